The number of hydrogen-bond donors (Lipinski definition) is 0. The highest BCUT2D eigenvalue weighted by Gasteiger charge is 2.16. The summed E-state index contributed by atoms with van der Waals surface area (Å²) in [5, 5.41) is 10.4. The van der Waals surface area contributed by atoms with E-state index in [-0.39, 0.29) is 0 Å². The molecule has 1 unspecified atom stereocenters. The number of hydrogen-bond acceptors (Lipinski definition) is 4. The molecule has 0 aliphatic rings. The monoisotopic (exact) mass is 210 g/mol. The first-order valence-corrected chi connectivity index (χ1v) is 4.07. The second kappa shape index (κ2) is 4.43. The molecular formula is C9H7FN2O3. The third kappa shape index (κ3) is 2.45. The van der Waals surface area contributed by atoms with Gasteiger partial charge in [-0.15, -0.1) is 0 Å². The normalized spacial score (nSPS) is 11.6. The minimum absolute atomic E-state index is 0.395. The van der Waals surface area contributed by atoms with Crippen LogP contribution in [-0.2, 0) is 4.79 Å². The van der Waals surface area contributed by atoms with Crippen LogP contribution in [0.4, 0.5) is 10.1 Å². The molecule has 1 atom stereocenters. The highest BCUT2D eigenvalue weighted by Crippen LogP contribution is 2.23. The van der Waals surface area contributed by atoms with Gasteiger partial charge in [-0.1, -0.05) is 6.07 Å². The summed E-state index contributed by atoms with van der Waals surface area (Å²) >= 11 is 0. The quantitative estimate of drug-likeness (QED) is 0.332. The van der Waals surface area contributed by atoms with E-state index in [2.05, 4.69) is 4.99 Å². The Balaban J connectivity index is 3.18. The topological polar surface area (TPSA) is 72.6 Å². The van der Waals surface area contributed by atoms with Gasteiger partial charge in [0.2, 0.25) is 11.9 Å². The molecule has 1 aromatic carbocycles. The summed E-state index contributed by atoms with van der Waals surface area (Å²) in [7, 11) is 0. The molecule has 0 saturated heterocycles. The van der Waals surface area contributed by atoms with Crippen molar-refractivity contribution in [2.75, 3.05) is 0 Å². The predicted octanol–water partition coefficient (Wildman–Crippen LogP) is 2.13. The molecule has 1 rings (SSSR count). The zero-order valence-corrected chi connectivity index (χ0v) is 7.81. The van der Waals surface area contributed by atoms with Crippen LogP contribution < -0.4 is 0 Å². The van der Waals surface area contributed by atoms with Crippen LogP contribution in [0.25, 0.3) is 0 Å². The van der Waals surface area contributed by atoms with Crippen LogP contribution in [0.15, 0.2) is 23.2 Å². The molecular weight excluding hydrogens is 203 g/mol. The molecule has 1 aromatic rings. The molecule has 0 amide bonds. The van der Waals surface area contributed by atoms with Crippen LogP contribution in [0.1, 0.15) is 18.5 Å². The summed E-state index contributed by atoms with van der Waals surface area (Å²) in [6, 6.07) is 2.81. The van der Waals surface area contributed by atoms with E-state index in [9.17, 15) is 19.3 Å². The molecule has 0 aromatic heterocycles. The lowest BCUT2D eigenvalue weighted by Gasteiger charge is -2.03. The minimum atomic E-state index is -0.911. The van der Waals surface area contributed by atoms with E-state index in [1.807, 2.05) is 0 Å². The number of carbonyl (C=O) groups excluding carboxylic acids is 1. The number of benzene rings is 1. The Hall–Kier alpha value is -2.07. The van der Waals surface area contributed by atoms with Gasteiger partial charge in [-0.3, -0.25) is 10.1 Å². The van der Waals surface area contributed by atoms with Gasteiger partial charge in [0, 0.05) is 6.07 Å². The molecule has 0 N–H and O–H groups in total. The first-order chi connectivity index (χ1) is 7.06. The Morgan fingerprint density at radius 1 is 1.60 bits per heavy atom. The molecule has 0 aliphatic heterocycles. The first-order valence-electron chi connectivity index (χ1n) is 4.07. The van der Waals surface area contributed by atoms with Gasteiger partial charge in [0.05, 0.1) is 11.0 Å². The summed E-state index contributed by atoms with van der Waals surface area (Å²) in [5.41, 5.74) is -0.230. The van der Waals surface area contributed by atoms with E-state index >= 15 is 0 Å². The third-order valence-corrected chi connectivity index (χ3v) is 1.90. The maximum Gasteiger partial charge on any atom is 0.305 e. The van der Waals surface area contributed by atoms with Gasteiger partial charge >= 0.3 is 5.69 Å². The van der Waals surface area contributed by atoms with Crippen LogP contribution in [0.2, 0.25) is 0 Å². The molecule has 0 fully saturated rings. The van der Waals surface area contributed by atoms with Gasteiger partial charge in [-0.05, 0) is 18.6 Å². The summed E-state index contributed by atoms with van der Waals surface area (Å²) in [6.07, 6.45) is 1.34. The number of nitro groups is 1. The maximum absolute atomic E-state index is 12.9. The molecule has 0 aliphatic carbocycles. The summed E-state index contributed by atoms with van der Waals surface area (Å²) in [6.45, 7) is 1.56. The average molecular weight is 210 g/mol. The van der Waals surface area contributed by atoms with Gasteiger partial charge in [-0.2, -0.15) is 9.38 Å². The fourth-order valence-electron chi connectivity index (χ4n) is 1.08. The van der Waals surface area contributed by atoms with Crippen LogP contribution in [0, 0.1) is 15.9 Å². The number of nitrogens with zero attached hydrogens (tertiary/aromatic N) is 2. The number of rotatable bonds is 3. The predicted molar refractivity (Wildman–Crippen MR) is 49.6 cm³/mol. The summed E-state index contributed by atoms with van der Waals surface area (Å²) in [4.78, 5) is 22.9. The third-order valence-electron chi connectivity index (χ3n) is 1.90. The Kier molecular flexibility index (Phi) is 3.25. The molecule has 0 radical (unpaired) electrons. The summed E-state index contributed by atoms with van der Waals surface area (Å²) in [5.74, 6) is -0.911. The molecule has 0 bridgehead atoms. The van der Waals surface area contributed by atoms with Crippen molar-refractivity contribution >= 4 is 11.8 Å². The van der Waals surface area contributed by atoms with E-state index < -0.39 is 22.5 Å². The molecule has 78 valence electrons. The SMILES string of the molecule is CC(N=C=O)c1ccc(F)c([N+](=O)[O-])c1. The largest absolute Gasteiger partial charge is 0.305 e. The van der Waals surface area contributed by atoms with E-state index in [0.717, 1.165) is 12.1 Å². The van der Waals surface area contributed by atoms with Crippen molar-refractivity contribution in [3.8, 4) is 0 Å². The first kappa shape index (κ1) is 11.0. The highest BCUT2D eigenvalue weighted by molar-refractivity contribution is 5.40. The van der Waals surface area contributed by atoms with Crippen molar-refractivity contribution in [3.05, 3.63) is 39.7 Å². The van der Waals surface area contributed by atoms with Gasteiger partial charge in [0.1, 0.15) is 0 Å². The van der Waals surface area contributed by atoms with Gasteiger partial charge < -0.3 is 0 Å². The second-order valence-corrected chi connectivity index (χ2v) is 2.86. The smallest absolute Gasteiger partial charge is 0.258 e. The molecule has 0 saturated carbocycles. The standard InChI is InChI=1S/C9H7FN2O3/c1-6(11-5-13)7-2-3-8(10)9(4-7)12(14)15/h2-4,6H,1H3. The van der Waals surface area contributed by atoms with Crippen LogP contribution in [0.3, 0.4) is 0 Å². The Labute approximate surface area is 84.4 Å². The Morgan fingerprint density at radius 2 is 2.27 bits per heavy atom. The van der Waals surface area contributed by atoms with Crippen LogP contribution in [-0.4, -0.2) is 11.0 Å². The second-order valence-electron chi connectivity index (χ2n) is 2.86. The van der Waals surface area contributed by atoms with Gasteiger partial charge in [0.25, 0.3) is 0 Å². The lowest BCUT2D eigenvalue weighted by Crippen LogP contribution is -1.96. The highest BCUT2D eigenvalue weighted by atomic mass is 19.1. The van der Waals surface area contributed by atoms with Crippen molar-refractivity contribution in [2.45, 2.75) is 13.0 Å². The van der Waals surface area contributed by atoms with E-state index in [1.165, 1.54) is 12.1 Å². The molecule has 0 heterocycles. The minimum Gasteiger partial charge on any atom is -0.258 e. The number of halogens is 1. The van der Waals surface area contributed by atoms with Gasteiger partial charge in [0.15, 0.2) is 0 Å². The maximum atomic E-state index is 12.9. The van der Waals surface area contributed by atoms with Crippen LogP contribution >= 0.6 is 0 Å². The van der Waals surface area contributed by atoms with Crippen molar-refractivity contribution in [2.24, 2.45) is 4.99 Å². The van der Waals surface area contributed by atoms with Crippen molar-refractivity contribution < 1.29 is 14.1 Å². The van der Waals surface area contributed by atoms with E-state index in [1.54, 1.807) is 6.92 Å². The van der Waals surface area contributed by atoms with Crippen molar-refractivity contribution in [1.82, 2.24) is 0 Å². The molecule has 5 nitrogen and oxygen atoms in total. The Morgan fingerprint density at radius 3 is 2.80 bits per heavy atom. The van der Waals surface area contributed by atoms with Gasteiger partial charge in [-0.25, -0.2) is 4.79 Å². The number of isocyanates is 1. The van der Waals surface area contributed by atoms with E-state index in [4.69, 9.17) is 0 Å². The molecule has 15 heavy (non-hydrogen) atoms. The molecule has 0 spiro atoms. The fourth-order valence-corrected chi connectivity index (χ4v) is 1.08. The number of nitro benzene ring substituents is 1. The Bertz CT molecular complexity index is 441. The zero-order chi connectivity index (χ0) is 11.4. The lowest BCUT2D eigenvalue weighted by molar-refractivity contribution is -0.387. The number of aliphatic imine (C=N–C) groups is 1. The van der Waals surface area contributed by atoms with Crippen molar-refractivity contribution in [1.29, 1.82) is 0 Å². The van der Waals surface area contributed by atoms with Crippen LogP contribution in [0.5, 0.6) is 0 Å². The molecule has 6 heteroatoms. The zero-order valence-electron chi connectivity index (χ0n) is 7.81. The van der Waals surface area contributed by atoms with Crippen molar-refractivity contribution in [3.63, 3.8) is 0 Å². The average Bonchev–Trinajstić information content (AvgIpc) is 2.18. The van der Waals surface area contributed by atoms with E-state index in [0.29, 0.717) is 5.56 Å². The summed E-state index contributed by atoms with van der Waals surface area (Å²) < 4.78 is 12.9. The lowest BCUT2D eigenvalue weighted by atomic mass is 10.1. The fraction of sp³-hybridized carbons (Fsp3) is 0.222.